The Balaban J connectivity index is 0.000000203. The first-order valence-corrected chi connectivity index (χ1v) is 13.3. The predicted molar refractivity (Wildman–Crippen MR) is 130 cm³/mol. The summed E-state index contributed by atoms with van der Waals surface area (Å²) in [6.45, 7) is 3.14. The molecule has 5 nitrogen and oxygen atoms in total. The molecule has 0 radical (unpaired) electrons. The summed E-state index contributed by atoms with van der Waals surface area (Å²) in [6.07, 6.45) is 2.76. The molecule has 0 saturated heterocycles. The molecule has 0 amide bonds. The van der Waals surface area contributed by atoms with Crippen molar-refractivity contribution >= 4 is 40.2 Å². The van der Waals surface area contributed by atoms with Crippen LogP contribution in [0.25, 0.3) is 0 Å². The Morgan fingerprint density at radius 3 is 2.09 bits per heavy atom. The molecule has 0 saturated carbocycles. The van der Waals surface area contributed by atoms with Crippen molar-refractivity contribution < 1.29 is 15.3 Å². The number of nitrogens with zero attached hydrogens (tertiary/aromatic N) is 2. The van der Waals surface area contributed by atoms with Crippen LogP contribution in [0.3, 0.4) is 0 Å². The third-order valence-electron chi connectivity index (χ3n) is 4.79. The van der Waals surface area contributed by atoms with Gasteiger partial charge in [-0.15, -0.1) is 0 Å². The van der Waals surface area contributed by atoms with E-state index in [0.29, 0.717) is 11.3 Å². The summed E-state index contributed by atoms with van der Waals surface area (Å²) in [6, 6.07) is 26.4. The Morgan fingerprint density at radius 2 is 1.52 bits per heavy atom. The molecule has 1 heterocycles. The molecular formula is C27H24N2O3Sn. The predicted octanol–water partition coefficient (Wildman–Crippen LogP) is 2.43. The first-order valence-electron chi connectivity index (χ1n) is 10.4. The Hall–Kier alpha value is -3.16. The third-order valence-corrected chi connectivity index (χ3v) is 8.34. The Morgan fingerprint density at radius 1 is 0.909 bits per heavy atom. The van der Waals surface area contributed by atoms with E-state index in [0.717, 1.165) is 5.56 Å². The molecule has 0 atom stereocenters. The molecule has 164 valence electrons. The van der Waals surface area contributed by atoms with Crippen LogP contribution in [0.5, 0.6) is 11.5 Å². The van der Waals surface area contributed by atoms with E-state index in [9.17, 15) is 15.3 Å². The van der Waals surface area contributed by atoms with E-state index in [1.165, 1.54) is 25.6 Å². The van der Waals surface area contributed by atoms with Gasteiger partial charge in [-0.3, -0.25) is 9.98 Å². The van der Waals surface area contributed by atoms with Crippen LogP contribution in [0.2, 0.25) is 0 Å². The van der Waals surface area contributed by atoms with E-state index in [2.05, 4.69) is 70.6 Å². The van der Waals surface area contributed by atoms with Crippen LogP contribution in [-0.2, 0) is 6.61 Å². The second-order valence-corrected chi connectivity index (χ2v) is 11.4. The number of aryl methyl sites for hydroxylation is 2. The summed E-state index contributed by atoms with van der Waals surface area (Å²) >= 11 is -0.517. The zero-order valence-corrected chi connectivity index (χ0v) is 21.4. The number of rotatable bonds is 5. The average Bonchev–Trinajstić information content (AvgIpc) is 2.84. The first-order chi connectivity index (χ1) is 16.0. The van der Waals surface area contributed by atoms with Crippen molar-refractivity contribution in [3.05, 3.63) is 107 Å². The van der Waals surface area contributed by atoms with Gasteiger partial charge in [0, 0.05) is 23.7 Å². The zero-order chi connectivity index (χ0) is 23.6. The van der Waals surface area contributed by atoms with Crippen molar-refractivity contribution in [2.45, 2.75) is 20.5 Å². The van der Waals surface area contributed by atoms with Gasteiger partial charge < -0.3 is 15.3 Å². The monoisotopic (exact) mass is 544 g/mol. The number of benzene rings is 3. The van der Waals surface area contributed by atoms with Crippen LogP contribution in [-0.4, -0.2) is 37.4 Å². The van der Waals surface area contributed by atoms with Crippen molar-refractivity contribution in [1.29, 1.82) is 0 Å². The molecule has 0 aliphatic heterocycles. The molecule has 1 N–H and O–H groups in total. The van der Waals surface area contributed by atoms with Crippen LogP contribution >= 0.6 is 0 Å². The zero-order valence-electron chi connectivity index (χ0n) is 18.5. The summed E-state index contributed by atoms with van der Waals surface area (Å²) in [7, 11) is 0. The van der Waals surface area contributed by atoms with Gasteiger partial charge in [-0.2, -0.15) is 0 Å². The fraction of sp³-hybridized carbons (Fsp3) is 0.111. The number of aliphatic imine (C=N–C) groups is 1. The fourth-order valence-corrected chi connectivity index (χ4v) is 5.98. The molecule has 4 aromatic rings. The van der Waals surface area contributed by atoms with E-state index in [4.69, 9.17) is 0 Å². The van der Waals surface area contributed by atoms with E-state index in [1.807, 2.05) is 6.92 Å². The SMILES string of the molecule is Cc1ccc([O-])c(N=Cc2c(CO)cnc(C)c2[O-])c1.c1cc[c]([Sn+2][c]2ccccc2)cc1. The van der Waals surface area contributed by atoms with Crippen LogP contribution in [0, 0.1) is 13.8 Å². The molecular weight excluding hydrogens is 519 g/mol. The van der Waals surface area contributed by atoms with Gasteiger partial charge in [0.2, 0.25) is 0 Å². The molecule has 33 heavy (non-hydrogen) atoms. The fourth-order valence-electron chi connectivity index (χ4n) is 2.98. The van der Waals surface area contributed by atoms with Gasteiger partial charge in [0.05, 0.1) is 12.3 Å². The number of hydrogen-bond acceptors (Lipinski definition) is 5. The number of aliphatic hydroxyl groups excluding tert-OH is 1. The number of aliphatic hydroxyl groups is 1. The van der Waals surface area contributed by atoms with Crippen LogP contribution in [0.4, 0.5) is 5.69 Å². The van der Waals surface area contributed by atoms with E-state index in [-0.39, 0.29) is 29.4 Å². The van der Waals surface area contributed by atoms with Crippen molar-refractivity contribution in [2.24, 2.45) is 4.99 Å². The van der Waals surface area contributed by atoms with E-state index >= 15 is 0 Å². The van der Waals surface area contributed by atoms with Crippen LogP contribution in [0.1, 0.15) is 22.4 Å². The van der Waals surface area contributed by atoms with Gasteiger partial charge in [0.25, 0.3) is 0 Å². The third kappa shape index (κ3) is 7.17. The number of pyridine rings is 1. The molecule has 4 rings (SSSR count). The molecule has 0 unspecified atom stereocenters. The summed E-state index contributed by atoms with van der Waals surface area (Å²) < 4.78 is 3.08. The molecule has 0 aliphatic rings. The van der Waals surface area contributed by atoms with Gasteiger partial charge in [-0.25, -0.2) is 0 Å². The minimum absolute atomic E-state index is 0.212. The van der Waals surface area contributed by atoms with Crippen molar-refractivity contribution in [3.8, 4) is 11.5 Å². The maximum absolute atomic E-state index is 12.0. The maximum atomic E-state index is 12.0. The molecule has 0 aliphatic carbocycles. The first kappa shape index (κ1) is 24.5. The van der Waals surface area contributed by atoms with E-state index in [1.54, 1.807) is 19.1 Å². The molecule has 6 heteroatoms. The van der Waals surface area contributed by atoms with Gasteiger partial charge in [0.1, 0.15) is 0 Å². The van der Waals surface area contributed by atoms with Crippen LogP contribution in [0.15, 0.2) is 90.1 Å². The van der Waals surface area contributed by atoms with Crippen molar-refractivity contribution in [1.82, 2.24) is 4.98 Å². The van der Waals surface area contributed by atoms with Crippen molar-refractivity contribution in [3.63, 3.8) is 0 Å². The standard InChI is InChI=1S/C15H16N2O3.2C6H5.Sn/c1-9-3-4-14(19)13(5-9)17-7-12-11(8-18)6-16-10(2)15(12)20;2*1-2-4-6-5-3-1;/h3-7,18-20H,8H2,1-2H3;2*1-5H;/q;;;+2/p-2. The summed E-state index contributed by atoms with van der Waals surface area (Å²) in [5, 5.41) is 32.9. The average molecular weight is 543 g/mol. The minimum atomic E-state index is -0.517. The molecule has 0 fully saturated rings. The van der Waals surface area contributed by atoms with Crippen molar-refractivity contribution in [2.75, 3.05) is 0 Å². The molecule has 0 spiro atoms. The Kier molecular flexibility index (Phi) is 9.03. The molecule has 3 aromatic carbocycles. The quantitative estimate of drug-likeness (QED) is 0.310. The van der Waals surface area contributed by atoms with Gasteiger partial charge in [0.15, 0.2) is 0 Å². The van der Waals surface area contributed by atoms with Gasteiger partial charge >= 0.3 is 89.0 Å². The van der Waals surface area contributed by atoms with Gasteiger partial charge in [-0.1, -0.05) is 23.6 Å². The summed E-state index contributed by atoms with van der Waals surface area (Å²) in [5.41, 5.74) is 2.16. The summed E-state index contributed by atoms with van der Waals surface area (Å²) in [4.78, 5) is 7.97. The number of aromatic nitrogens is 1. The molecule has 0 bridgehead atoms. The Bertz CT molecular complexity index is 1180. The topological polar surface area (TPSA) is 91.6 Å². The second kappa shape index (κ2) is 12.2. The second-order valence-electron chi connectivity index (χ2n) is 7.36. The normalized spacial score (nSPS) is 10.4. The van der Waals surface area contributed by atoms with Crippen LogP contribution < -0.4 is 17.4 Å². The number of hydrogen-bond donors (Lipinski definition) is 1. The Labute approximate surface area is 204 Å². The molecule has 1 aromatic heterocycles. The van der Waals surface area contributed by atoms with Gasteiger partial charge in [-0.05, 0) is 31.0 Å². The summed E-state index contributed by atoms with van der Waals surface area (Å²) in [5.74, 6) is -0.504. The van der Waals surface area contributed by atoms with E-state index < -0.39 is 21.1 Å².